The topological polar surface area (TPSA) is 59.2 Å². The molecule has 0 bridgehead atoms. The third-order valence-corrected chi connectivity index (χ3v) is 4.68. The zero-order valence-corrected chi connectivity index (χ0v) is 15.2. The highest BCUT2D eigenvalue weighted by Crippen LogP contribution is 2.27. The fourth-order valence-corrected chi connectivity index (χ4v) is 3.21. The van der Waals surface area contributed by atoms with E-state index in [2.05, 4.69) is 10.2 Å². The molecule has 2 aromatic carbocycles. The van der Waals surface area contributed by atoms with Gasteiger partial charge in [0.2, 0.25) is 11.8 Å². The fourth-order valence-electron chi connectivity index (χ4n) is 2.41. The van der Waals surface area contributed by atoms with Crippen LogP contribution in [0.15, 0.2) is 64.2 Å². The lowest BCUT2D eigenvalue weighted by Crippen LogP contribution is -2.32. The molecule has 0 saturated heterocycles. The summed E-state index contributed by atoms with van der Waals surface area (Å²) in [6.07, 6.45) is 0. The maximum Gasteiger partial charge on any atom is 0.277 e. The quantitative estimate of drug-likeness (QED) is 0.613. The Balaban J connectivity index is 1.61. The number of hydrogen-bond acceptors (Lipinski definition) is 5. The second-order valence-corrected chi connectivity index (χ2v) is 7.11. The molecule has 7 heteroatoms. The van der Waals surface area contributed by atoms with Gasteiger partial charge >= 0.3 is 0 Å². The van der Waals surface area contributed by atoms with Crippen molar-refractivity contribution in [1.29, 1.82) is 0 Å². The lowest BCUT2D eigenvalue weighted by atomic mass is 10.2. The van der Waals surface area contributed by atoms with E-state index in [-0.39, 0.29) is 17.0 Å². The first-order valence-corrected chi connectivity index (χ1v) is 8.96. The van der Waals surface area contributed by atoms with Gasteiger partial charge in [-0.1, -0.05) is 42.1 Å². The summed E-state index contributed by atoms with van der Waals surface area (Å²) < 4.78 is 18.6. The van der Waals surface area contributed by atoms with Crippen LogP contribution >= 0.6 is 11.8 Å². The van der Waals surface area contributed by atoms with Gasteiger partial charge in [-0.05, 0) is 36.8 Å². The van der Waals surface area contributed by atoms with Gasteiger partial charge in [0.15, 0.2) is 0 Å². The van der Waals surface area contributed by atoms with E-state index in [9.17, 15) is 9.18 Å². The Morgan fingerprint density at radius 3 is 2.54 bits per heavy atom. The van der Waals surface area contributed by atoms with Gasteiger partial charge in [0, 0.05) is 19.2 Å². The summed E-state index contributed by atoms with van der Waals surface area (Å²) in [4.78, 5) is 14.2. The number of carbonyl (C=O) groups excluding carboxylic acids is 1. The van der Waals surface area contributed by atoms with E-state index >= 15 is 0 Å². The van der Waals surface area contributed by atoms with Crippen LogP contribution in [-0.2, 0) is 11.3 Å². The summed E-state index contributed by atoms with van der Waals surface area (Å²) >= 11 is 1.20. The fraction of sp³-hybridized carbons (Fsp3) is 0.211. The maximum atomic E-state index is 13.0. The summed E-state index contributed by atoms with van der Waals surface area (Å²) in [5.41, 5.74) is 1.70. The number of carbonyl (C=O) groups is 1. The molecule has 5 nitrogen and oxygen atoms in total. The molecule has 0 spiro atoms. The van der Waals surface area contributed by atoms with Crippen molar-refractivity contribution in [2.45, 2.75) is 23.9 Å². The molecule has 0 aliphatic carbocycles. The van der Waals surface area contributed by atoms with Gasteiger partial charge < -0.3 is 9.32 Å². The van der Waals surface area contributed by atoms with Gasteiger partial charge in [0.25, 0.3) is 5.22 Å². The molecule has 3 rings (SSSR count). The predicted octanol–water partition coefficient (Wildman–Crippen LogP) is 4.01. The molecule has 3 aromatic rings. The van der Waals surface area contributed by atoms with Crippen molar-refractivity contribution >= 4 is 17.7 Å². The summed E-state index contributed by atoms with van der Waals surface area (Å²) in [5.74, 6) is -0.0614. The van der Waals surface area contributed by atoms with E-state index in [4.69, 9.17) is 4.42 Å². The van der Waals surface area contributed by atoms with Crippen LogP contribution in [0.4, 0.5) is 4.39 Å². The van der Waals surface area contributed by atoms with E-state index in [0.29, 0.717) is 23.2 Å². The highest BCUT2D eigenvalue weighted by Gasteiger charge is 2.22. The number of amides is 1. The Morgan fingerprint density at radius 1 is 1.15 bits per heavy atom. The highest BCUT2D eigenvalue weighted by molar-refractivity contribution is 8.00. The number of rotatable bonds is 6. The second-order valence-electron chi connectivity index (χ2n) is 5.82. The number of benzene rings is 2. The van der Waals surface area contributed by atoms with E-state index in [0.717, 1.165) is 5.56 Å². The third-order valence-electron chi connectivity index (χ3n) is 3.76. The number of aromatic nitrogens is 2. The maximum absolute atomic E-state index is 13.0. The molecule has 0 radical (unpaired) electrons. The molecule has 0 N–H and O–H groups in total. The molecular formula is C19H18FN3O2S. The number of thioether (sulfide) groups is 1. The van der Waals surface area contributed by atoms with Crippen molar-refractivity contribution in [2.24, 2.45) is 0 Å². The molecule has 0 aliphatic rings. The second kappa shape index (κ2) is 8.14. The number of hydrogen-bond donors (Lipinski definition) is 0. The molecule has 1 heterocycles. The van der Waals surface area contributed by atoms with Crippen molar-refractivity contribution < 1.29 is 13.6 Å². The molecule has 1 amide bonds. The minimum atomic E-state index is -0.370. The standard InChI is InChI=1S/C19H18FN3O2S/c1-13(18(24)23(2)12-14-6-4-3-5-7-14)26-19-22-21-17(25-19)15-8-10-16(20)11-9-15/h3-11,13H,12H2,1-2H3/t13-/m0/s1. The van der Waals surface area contributed by atoms with Crippen LogP contribution in [-0.4, -0.2) is 33.3 Å². The van der Waals surface area contributed by atoms with Crippen LogP contribution in [0.2, 0.25) is 0 Å². The molecule has 0 aliphatic heterocycles. The zero-order valence-electron chi connectivity index (χ0n) is 14.4. The van der Waals surface area contributed by atoms with Crippen LogP contribution in [0.25, 0.3) is 11.5 Å². The number of halogens is 1. The molecule has 134 valence electrons. The first-order valence-electron chi connectivity index (χ1n) is 8.08. The predicted molar refractivity (Wildman–Crippen MR) is 97.9 cm³/mol. The van der Waals surface area contributed by atoms with Crippen LogP contribution in [0, 0.1) is 5.82 Å². The average molecular weight is 371 g/mol. The molecule has 0 fully saturated rings. The Hall–Kier alpha value is -2.67. The van der Waals surface area contributed by atoms with E-state index < -0.39 is 0 Å². The average Bonchev–Trinajstić information content (AvgIpc) is 3.11. The first kappa shape index (κ1) is 18.1. The molecule has 0 saturated carbocycles. The van der Waals surface area contributed by atoms with Gasteiger partial charge in [-0.25, -0.2) is 4.39 Å². The minimum Gasteiger partial charge on any atom is -0.411 e. The summed E-state index contributed by atoms with van der Waals surface area (Å²) in [7, 11) is 1.77. The molecule has 26 heavy (non-hydrogen) atoms. The normalized spacial score (nSPS) is 12.0. The number of nitrogens with zero attached hydrogens (tertiary/aromatic N) is 3. The molecule has 0 unspecified atom stereocenters. The van der Waals surface area contributed by atoms with Crippen LogP contribution in [0.1, 0.15) is 12.5 Å². The van der Waals surface area contributed by atoms with E-state index in [1.54, 1.807) is 31.0 Å². The van der Waals surface area contributed by atoms with Crippen molar-refractivity contribution in [1.82, 2.24) is 15.1 Å². The van der Waals surface area contributed by atoms with Crippen molar-refractivity contribution in [3.05, 3.63) is 66.0 Å². The highest BCUT2D eigenvalue weighted by atomic mass is 32.2. The zero-order chi connectivity index (χ0) is 18.5. The van der Waals surface area contributed by atoms with Gasteiger partial charge in [0.05, 0.1) is 5.25 Å². The van der Waals surface area contributed by atoms with Gasteiger partial charge in [-0.3, -0.25) is 4.79 Å². The summed E-state index contributed by atoms with van der Waals surface area (Å²) in [5, 5.41) is 7.85. The van der Waals surface area contributed by atoms with Crippen LogP contribution in [0.3, 0.4) is 0 Å². The van der Waals surface area contributed by atoms with Crippen molar-refractivity contribution in [3.63, 3.8) is 0 Å². The molecule has 1 atom stereocenters. The molecular weight excluding hydrogens is 353 g/mol. The van der Waals surface area contributed by atoms with Crippen LogP contribution < -0.4 is 0 Å². The Bertz CT molecular complexity index is 868. The van der Waals surface area contributed by atoms with E-state index in [1.807, 2.05) is 30.3 Å². The minimum absolute atomic E-state index is 0.0274. The lowest BCUT2D eigenvalue weighted by molar-refractivity contribution is -0.129. The Morgan fingerprint density at radius 2 is 1.85 bits per heavy atom. The van der Waals surface area contributed by atoms with Gasteiger partial charge in [0.1, 0.15) is 5.82 Å². The largest absolute Gasteiger partial charge is 0.411 e. The summed E-state index contributed by atoms with van der Waals surface area (Å²) in [6, 6.07) is 15.6. The Labute approximate surface area is 155 Å². The smallest absolute Gasteiger partial charge is 0.277 e. The Kier molecular flexibility index (Phi) is 5.68. The summed E-state index contributed by atoms with van der Waals surface area (Å²) in [6.45, 7) is 2.34. The van der Waals surface area contributed by atoms with Crippen molar-refractivity contribution in [2.75, 3.05) is 7.05 Å². The van der Waals surface area contributed by atoms with Gasteiger partial charge in [-0.15, -0.1) is 10.2 Å². The third kappa shape index (κ3) is 4.49. The lowest BCUT2D eigenvalue weighted by Gasteiger charge is -2.20. The first-order chi connectivity index (χ1) is 12.5. The molecule has 1 aromatic heterocycles. The van der Waals surface area contributed by atoms with Gasteiger partial charge in [-0.2, -0.15) is 0 Å². The van der Waals surface area contributed by atoms with E-state index in [1.165, 1.54) is 23.9 Å². The van der Waals surface area contributed by atoms with Crippen LogP contribution in [0.5, 0.6) is 0 Å². The SMILES string of the molecule is C[C@H](Sc1nnc(-c2ccc(F)cc2)o1)C(=O)N(C)Cc1ccccc1. The van der Waals surface area contributed by atoms with Crippen molar-refractivity contribution in [3.8, 4) is 11.5 Å². The monoisotopic (exact) mass is 371 g/mol.